The number of rotatable bonds is 7. The van der Waals surface area contributed by atoms with E-state index in [9.17, 15) is 9.59 Å². The molecule has 0 bridgehead atoms. The van der Waals surface area contributed by atoms with E-state index >= 15 is 0 Å². The third-order valence-electron chi connectivity index (χ3n) is 1.43. The summed E-state index contributed by atoms with van der Waals surface area (Å²) in [5.74, 6) is -2.70. The molecule has 0 aromatic rings. The first-order chi connectivity index (χ1) is 6.66. The van der Waals surface area contributed by atoms with Crippen LogP contribution < -0.4 is 0 Å². The molecule has 0 amide bonds. The van der Waals surface area contributed by atoms with E-state index in [1.54, 1.807) is 20.8 Å². The second kappa shape index (κ2) is 6.50. The third-order valence-corrected chi connectivity index (χ3v) is 1.43. The molecular formula is C9H16O5. The van der Waals surface area contributed by atoms with Gasteiger partial charge < -0.3 is 14.2 Å². The molecule has 0 fully saturated rings. The Bertz CT molecular complexity index is 184. The number of hydrogen-bond donors (Lipinski definition) is 0. The zero-order valence-corrected chi connectivity index (χ0v) is 8.74. The topological polar surface area (TPSA) is 61.8 Å². The molecule has 0 aromatic heterocycles. The normalized spacial score (nSPS) is 11.1. The van der Waals surface area contributed by atoms with Gasteiger partial charge in [0.1, 0.15) is 0 Å². The summed E-state index contributed by atoms with van der Waals surface area (Å²) in [7, 11) is 0. The van der Waals surface area contributed by atoms with Gasteiger partial charge in [0.05, 0.1) is 6.61 Å². The van der Waals surface area contributed by atoms with Gasteiger partial charge in [-0.25, -0.2) is 4.79 Å². The summed E-state index contributed by atoms with van der Waals surface area (Å²) in [5, 5.41) is 0. The minimum atomic E-state index is -1.89. The molecule has 5 nitrogen and oxygen atoms in total. The molecule has 14 heavy (non-hydrogen) atoms. The summed E-state index contributed by atoms with van der Waals surface area (Å²) in [6.45, 7) is 5.53. The largest absolute Gasteiger partial charge is 0.462 e. The average Bonchev–Trinajstić information content (AvgIpc) is 2.17. The maximum absolute atomic E-state index is 11.4. The predicted molar refractivity (Wildman–Crippen MR) is 48.7 cm³/mol. The summed E-state index contributed by atoms with van der Waals surface area (Å²) < 4.78 is 14.6. The number of aldehydes is 1. The van der Waals surface area contributed by atoms with E-state index in [1.807, 2.05) is 0 Å². The number of esters is 1. The lowest BCUT2D eigenvalue weighted by Crippen LogP contribution is -2.47. The lowest BCUT2D eigenvalue weighted by atomic mass is 10.3. The summed E-state index contributed by atoms with van der Waals surface area (Å²) in [4.78, 5) is 22.1. The van der Waals surface area contributed by atoms with Crippen LogP contribution in [0.1, 0.15) is 20.8 Å². The van der Waals surface area contributed by atoms with E-state index in [2.05, 4.69) is 4.74 Å². The van der Waals surface area contributed by atoms with Gasteiger partial charge >= 0.3 is 11.8 Å². The van der Waals surface area contributed by atoms with Crippen molar-refractivity contribution >= 4 is 12.3 Å². The Hall–Kier alpha value is -0.940. The standard InChI is InChI=1S/C9H16O5/c1-4-12-8(11)9(7-10,13-5-2)14-6-3/h7H,4-6H2,1-3H3. The fourth-order valence-electron chi connectivity index (χ4n) is 0.936. The summed E-state index contributed by atoms with van der Waals surface area (Å²) in [5.41, 5.74) is 0. The molecule has 0 saturated heterocycles. The SMILES string of the molecule is CCOC(=O)C(C=O)(OCC)OCC. The fraction of sp³-hybridized carbons (Fsp3) is 0.778. The molecule has 0 rings (SSSR count). The molecule has 0 radical (unpaired) electrons. The minimum absolute atomic E-state index is 0.175. The molecule has 0 spiro atoms. The van der Waals surface area contributed by atoms with Gasteiger partial charge in [-0.05, 0) is 20.8 Å². The first-order valence-electron chi connectivity index (χ1n) is 4.58. The van der Waals surface area contributed by atoms with Crippen molar-refractivity contribution < 1.29 is 23.8 Å². The van der Waals surface area contributed by atoms with Crippen molar-refractivity contribution in [3.63, 3.8) is 0 Å². The van der Waals surface area contributed by atoms with E-state index in [0.717, 1.165) is 0 Å². The molecule has 5 heteroatoms. The molecule has 0 aliphatic carbocycles. The van der Waals surface area contributed by atoms with Crippen LogP contribution in [-0.4, -0.2) is 37.9 Å². The quantitative estimate of drug-likeness (QED) is 0.262. The molecule has 0 aliphatic rings. The van der Waals surface area contributed by atoms with Crippen LogP contribution in [0.5, 0.6) is 0 Å². The molecule has 0 unspecified atom stereocenters. The number of hydrogen-bond acceptors (Lipinski definition) is 5. The smallest absolute Gasteiger partial charge is 0.375 e. The van der Waals surface area contributed by atoms with E-state index < -0.39 is 11.8 Å². The van der Waals surface area contributed by atoms with Crippen LogP contribution in [0.4, 0.5) is 0 Å². The van der Waals surface area contributed by atoms with Crippen molar-refractivity contribution in [2.45, 2.75) is 26.6 Å². The molecule has 82 valence electrons. The third kappa shape index (κ3) is 3.08. The van der Waals surface area contributed by atoms with Crippen LogP contribution in [-0.2, 0) is 23.8 Å². The van der Waals surface area contributed by atoms with Crippen molar-refractivity contribution in [1.82, 2.24) is 0 Å². The summed E-state index contributed by atoms with van der Waals surface area (Å²) in [6.07, 6.45) is 0.317. The van der Waals surface area contributed by atoms with Gasteiger partial charge in [0.2, 0.25) is 0 Å². The highest BCUT2D eigenvalue weighted by atomic mass is 16.7. The van der Waals surface area contributed by atoms with Crippen LogP contribution in [0.25, 0.3) is 0 Å². The van der Waals surface area contributed by atoms with Crippen molar-refractivity contribution in [2.75, 3.05) is 19.8 Å². The highest BCUT2D eigenvalue weighted by Gasteiger charge is 2.42. The van der Waals surface area contributed by atoms with Crippen molar-refractivity contribution in [3.8, 4) is 0 Å². The van der Waals surface area contributed by atoms with E-state index in [4.69, 9.17) is 9.47 Å². The summed E-state index contributed by atoms with van der Waals surface area (Å²) in [6, 6.07) is 0. The predicted octanol–water partition coefficient (Wildman–Crippen LogP) is 0.518. The van der Waals surface area contributed by atoms with Crippen LogP contribution >= 0.6 is 0 Å². The van der Waals surface area contributed by atoms with Crippen LogP contribution in [0.15, 0.2) is 0 Å². The molecule has 0 saturated carbocycles. The molecular weight excluding hydrogens is 188 g/mol. The fourth-order valence-corrected chi connectivity index (χ4v) is 0.936. The van der Waals surface area contributed by atoms with E-state index in [-0.39, 0.29) is 19.8 Å². The average molecular weight is 204 g/mol. The van der Waals surface area contributed by atoms with Gasteiger partial charge in [-0.1, -0.05) is 0 Å². The van der Waals surface area contributed by atoms with Gasteiger partial charge in [0, 0.05) is 13.2 Å². The Morgan fingerprint density at radius 1 is 1.14 bits per heavy atom. The van der Waals surface area contributed by atoms with Gasteiger partial charge in [0.15, 0.2) is 6.29 Å². The maximum atomic E-state index is 11.4. The Balaban J connectivity index is 4.62. The maximum Gasteiger partial charge on any atom is 0.375 e. The van der Waals surface area contributed by atoms with E-state index in [1.165, 1.54) is 0 Å². The molecule has 0 heterocycles. The lowest BCUT2D eigenvalue weighted by molar-refractivity contribution is -0.231. The van der Waals surface area contributed by atoms with Crippen LogP contribution in [0.2, 0.25) is 0 Å². The minimum Gasteiger partial charge on any atom is -0.462 e. The second-order valence-corrected chi connectivity index (χ2v) is 2.37. The zero-order valence-electron chi connectivity index (χ0n) is 8.74. The first kappa shape index (κ1) is 13.1. The summed E-state index contributed by atoms with van der Waals surface area (Å²) >= 11 is 0. The van der Waals surface area contributed by atoms with Gasteiger partial charge in [0.25, 0.3) is 0 Å². The monoisotopic (exact) mass is 204 g/mol. The van der Waals surface area contributed by atoms with Gasteiger partial charge in [-0.3, -0.25) is 4.79 Å². The van der Waals surface area contributed by atoms with Crippen molar-refractivity contribution in [3.05, 3.63) is 0 Å². The first-order valence-corrected chi connectivity index (χ1v) is 4.58. The highest BCUT2D eigenvalue weighted by Crippen LogP contribution is 2.12. The Kier molecular flexibility index (Phi) is 6.07. The Morgan fingerprint density at radius 2 is 1.64 bits per heavy atom. The van der Waals surface area contributed by atoms with Crippen LogP contribution in [0.3, 0.4) is 0 Å². The van der Waals surface area contributed by atoms with Crippen molar-refractivity contribution in [2.24, 2.45) is 0 Å². The van der Waals surface area contributed by atoms with Crippen LogP contribution in [0, 0.1) is 0 Å². The second-order valence-electron chi connectivity index (χ2n) is 2.37. The Labute approximate surface area is 83.3 Å². The Morgan fingerprint density at radius 3 is 1.93 bits per heavy atom. The molecule has 0 aromatic carbocycles. The van der Waals surface area contributed by atoms with Crippen molar-refractivity contribution in [1.29, 1.82) is 0 Å². The molecule has 0 N–H and O–H groups in total. The number of carbonyl (C=O) groups excluding carboxylic acids is 2. The van der Waals surface area contributed by atoms with Gasteiger partial charge in [-0.15, -0.1) is 0 Å². The number of carbonyl (C=O) groups is 2. The van der Waals surface area contributed by atoms with E-state index in [0.29, 0.717) is 6.29 Å². The lowest BCUT2D eigenvalue weighted by Gasteiger charge is -2.24. The highest BCUT2D eigenvalue weighted by molar-refractivity contribution is 5.94. The molecule has 0 aliphatic heterocycles. The molecule has 0 atom stereocenters. The van der Waals surface area contributed by atoms with Gasteiger partial charge in [-0.2, -0.15) is 0 Å². The number of ether oxygens (including phenoxy) is 3. The zero-order chi connectivity index (χ0) is 11.0.